The number of rotatable bonds is 5. The Balaban J connectivity index is 1.43. The van der Waals surface area contributed by atoms with E-state index in [1.54, 1.807) is 0 Å². The molecule has 132 valence electrons. The molecule has 1 fully saturated rings. The minimum absolute atomic E-state index is 0.133. The zero-order chi connectivity index (χ0) is 17.3. The summed E-state index contributed by atoms with van der Waals surface area (Å²) in [7, 11) is 0. The lowest BCUT2D eigenvalue weighted by Crippen LogP contribution is -2.43. The number of hydrogen-bond acceptors (Lipinski definition) is 3. The van der Waals surface area contributed by atoms with E-state index in [9.17, 15) is 4.79 Å². The average Bonchev–Trinajstić information content (AvgIpc) is 3.33. The molecule has 1 N–H and O–H groups in total. The van der Waals surface area contributed by atoms with E-state index in [1.165, 1.54) is 0 Å². The van der Waals surface area contributed by atoms with E-state index in [0.29, 0.717) is 11.6 Å². The maximum absolute atomic E-state index is 13.0. The van der Waals surface area contributed by atoms with Gasteiger partial charge < -0.3 is 9.88 Å². The van der Waals surface area contributed by atoms with Crippen molar-refractivity contribution >= 4 is 17.5 Å². The number of fused-ring (bicyclic) bond motifs is 1. The molecule has 25 heavy (non-hydrogen) atoms. The van der Waals surface area contributed by atoms with Crippen LogP contribution in [-0.4, -0.2) is 27.2 Å². The fraction of sp³-hybridized carbons (Fsp3) is 0.526. The Morgan fingerprint density at radius 1 is 1.16 bits per heavy atom. The zero-order valence-electron chi connectivity index (χ0n) is 14.3. The number of carbonyl (C=O) groups is 1. The molecule has 2 heterocycles. The normalized spacial score (nSPS) is 18.3. The van der Waals surface area contributed by atoms with Crippen LogP contribution in [0.2, 0.25) is 5.02 Å². The van der Waals surface area contributed by atoms with Gasteiger partial charge in [-0.2, -0.15) is 0 Å². The van der Waals surface area contributed by atoms with Crippen molar-refractivity contribution in [2.75, 3.05) is 6.54 Å². The van der Waals surface area contributed by atoms with Crippen LogP contribution in [0.3, 0.4) is 0 Å². The molecule has 4 rings (SSSR count). The fourth-order valence-electron chi connectivity index (χ4n) is 4.25. The molecule has 1 aliphatic carbocycles. The number of aromatic nitrogens is 3. The van der Waals surface area contributed by atoms with Crippen molar-refractivity contribution in [2.45, 2.75) is 56.9 Å². The third kappa shape index (κ3) is 3.06. The van der Waals surface area contributed by atoms with Crippen LogP contribution in [0.25, 0.3) is 0 Å². The summed E-state index contributed by atoms with van der Waals surface area (Å²) >= 11 is 6.01. The standard InChI is InChI=1S/C19H23ClN4O/c20-15-7-5-14(6-8-15)19(10-1-2-11-19)18(25)21-12-9-17-23-22-16-4-3-13-24(16)17/h5-8H,1-4,9-13H2,(H,21,25). The highest BCUT2D eigenvalue weighted by atomic mass is 35.5. The number of halogens is 1. The van der Waals surface area contributed by atoms with Gasteiger partial charge in [-0.05, 0) is 37.0 Å². The summed E-state index contributed by atoms with van der Waals surface area (Å²) in [6.45, 7) is 1.60. The molecule has 0 saturated heterocycles. The van der Waals surface area contributed by atoms with Crippen LogP contribution in [0.5, 0.6) is 0 Å². The lowest BCUT2D eigenvalue weighted by Gasteiger charge is -2.28. The van der Waals surface area contributed by atoms with E-state index in [1.807, 2.05) is 24.3 Å². The van der Waals surface area contributed by atoms with E-state index in [4.69, 9.17) is 11.6 Å². The first kappa shape index (κ1) is 16.6. The Labute approximate surface area is 152 Å². The van der Waals surface area contributed by atoms with Crippen LogP contribution in [0.4, 0.5) is 0 Å². The van der Waals surface area contributed by atoms with Gasteiger partial charge in [0.15, 0.2) is 0 Å². The van der Waals surface area contributed by atoms with Gasteiger partial charge in [-0.1, -0.05) is 36.6 Å². The molecule has 1 aliphatic heterocycles. The molecule has 6 heteroatoms. The van der Waals surface area contributed by atoms with Crippen LogP contribution in [-0.2, 0) is 29.6 Å². The van der Waals surface area contributed by atoms with Crippen molar-refractivity contribution < 1.29 is 4.79 Å². The number of hydrogen-bond donors (Lipinski definition) is 1. The smallest absolute Gasteiger partial charge is 0.230 e. The second-order valence-corrected chi connectivity index (χ2v) is 7.53. The second kappa shape index (κ2) is 6.79. The minimum Gasteiger partial charge on any atom is -0.355 e. The molecule has 1 saturated carbocycles. The molecule has 2 aliphatic rings. The molecule has 0 atom stereocenters. The molecule has 2 aromatic rings. The van der Waals surface area contributed by atoms with E-state index in [2.05, 4.69) is 20.1 Å². The number of nitrogens with one attached hydrogen (secondary N) is 1. The molecular formula is C19H23ClN4O. The van der Waals surface area contributed by atoms with Gasteiger partial charge in [-0.15, -0.1) is 10.2 Å². The van der Waals surface area contributed by atoms with E-state index >= 15 is 0 Å². The Morgan fingerprint density at radius 3 is 2.68 bits per heavy atom. The van der Waals surface area contributed by atoms with Crippen molar-refractivity contribution in [3.63, 3.8) is 0 Å². The van der Waals surface area contributed by atoms with Gasteiger partial charge in [0.2, 0.25) is 5.91 Å². The molecule has 0 bridgehead atoms. The Hall–Kier alpha value is -1.88. The van der Waals surface area contributed by atoms with Gasteiger partial charge in [-0.25, -0.2) is 0 Å². The first-order valence-corrected chi connectivity index (χ1v) is 9.52. The molecule has 5 nitrogen and oxygen atoms in total. The Morgan fingerprint density at radius 2 is 1.92 bits per heavy atom. The number of benzene rings is 1. The largest absolute Gasteiger partial charge is 0.355 e. The summed E-state index contributed by atoms with van der Waals surface area (Å²) in [4.78, 5) is 13.0. The third-order valence-electron chi connectivity index (χ3n) is 5.61. The van der Waals surface area contributed by atoms with Gasteiger partial charge in [0, 0.05) is 31.0 Å². The van der Waals surface area contributed by atoms with E-state index in [0.717, 1.165) is 68.7 Å². The molecule has 0 spiro atoms. The highest BCUT2D eigenvalue weighted by Gasteiger charge is 2.42. The van der Waals surface area contributed by atoms with Gasteiger partial charge in [0.25, 0.3) is 0 Å². The third-order valence-corrected chi connectivity index (χ3v) is 5.86. The van der Waals surface area contributed by atoms with Crippen LogP contribution in [0.15, 0.2) is 24.3 Å². The monoisotopic (exact) mass is 358 g/mol. The highest BCUT2D eigenvalue weighted by Crippen LogP contribution is 2.41. The van der Waals surface area contributed by atoms with Crippen molar-refractivity contribution in [3.8, 4) is 0 Å². The van der Waals surface area contributed by atoms with Gasteiger partial charge in [-0.3, -0.25) is 4.79 Å². The molecule has 1 aromatic carbocycles. The van der Waals surface area contributed by atoms with Gasteiger partial charge in [0.05, 0.1) is 5.41 Å². The van der Waals surface area contributed by atoms with Crippen LogP contribution >= 0.6 is 11.6 Å². The maximum atomic E-state index is 13.0. The molecule has 0 radical (unpaired) electrons. The van der Waals surface area contributed by atoms with Crippen LogP contribution in [0.1, 0.15) is 49.3 Å². The lowest BCUT2D eigenvalue weighted by molar-refractivity contribution is -0.126. The lowest BCUT2D eigenvalue weighted by atomic mass is 9.78. The quantitative estimate of drug-likeness (QED) is 0.893. The summed E-state index contributed by atoms with van der Waals surface area (Å²) in [6, 6.07) is 7.75. The number of nitrogens with zero attached hydrogens (tertiary/aromatic N) is 3. The highest BCUT2D eigenvalue weighted by molar-refractivity contribution is 6.30. The summed E-state index contributed by atoms with van der Waals surface area (Å²) in [5, 5.41) is 12.4. The summed E-state index contributed by atoms with van der Waals surface area (Å²) < 4.78 is 2.19. The summed E-state index contributed by atoms with van der Waals surface area (Å²) in [6.07, 6.45) is 6.88. The molecule has 0 unspecified atom stereocenters. The Kier molecular flexibility index (Phi) is 4.50. The fourth-order valence-corrected chi connectivity index (χ4v) is 4.37. The average molecular weight is 359 g/mol. The van der Waals surface area contributed by atoms with Crippen LogP contribution in [0, 0.1) is 0 Å². The second-order valence-electron chi connectivity index (χ2n) is 7.09. The predicted octanol–water partition coefficient (Wildman–Crippen LogP) is 3.05. The van der Waals surface area contributed by atoms with Gasteiger partial charge >= 0.3 is 0 Å². The molecule has 1 aromatic heterocycles. The number of amides is 1. The predicted molar refractivity (Wildman–Crippen MR) is 96.7 cm³/mol. The minimum atomic E-state index is -0.405. The summed E-state index contributed by atoms with van der Waals surface area (Å²) in [5.74, 6) is 2.20. The zero-order valence-corrected chi connectivity index (χ0v) is 15.1. The van der Waals surface area contributed by atoms with Crippen molar-refractivity contribution in [2.24, 2.45) is 0 Å². The SMILES string of the molecule is O=C(NCCc1nnc2n1CCC2)C1(c2ccc(Cl)cc2)CCCC1. The van der Waals surface area contributed by atoms with Crippen molar-refractivity contribution in [1.82, 2.24) is 20.1 Å². The first-order chi connectivity index (χ1) is 12.2. The molecule has 1 amide bonds. The molecular weight excluding hydrogens is 336 g/mol. The van der Waals surface area contributed by atoms with Crippen molar-refractivity contribution in [1.29, 1.82) is 0 Å². The maximum Gasteiger partial charge on any atom is 0.230 e. The van der Waals surface area contributed by atoms with E-state index in [-0.39, 0.29) is 5.91 Å². The number of aryl methyl sites for hydroxylation is 1. The number of carbonyl (C=O) groups excluding carboxylic acids is 1. The van der Waals surface area contributed by atoms with E-state index < -0.39 is 5.41 Å². The topological polar surface area (TPSA) is 59.8 Å². The van der Waals surface area contributed by atoms with Crippen LogP contribution < -0.4 is 5.32 Å². The van der Waals surface area contributed by atoms with Gasteiger partial charge in [0.1, 0.15) is 11.6 Å². The summed E-state index contributed by atoms with van der Waals surface area (Å²) in [5.41, 5.74) is 0.674. The Bertz CT molecular complexity index is 762. The van der Waals surface area contributed by atoms with Crippen molar-refractivity contribution in [3.05, 3.63) is 46.5 Å². The first-order valence-electron chi connectivity index (χ1n) is 9.14.